The molecule has 0 aliphatic heterocycles. The quantitative estimate of drug-likeness (QED) is 0.642. The monoisotopic (exact) mass is 367 g/mol. The fourth-order valence-electron chi connectivity index (χ4n) is 3.07. The van der Waals surface area contributed by atoms with Crippen LogP contribution < -0.4 is 4.74 Å². The molecular formula is C20H25N5O2. The minimum Gasteiger partial charge on any atom is -0.492 e. The van der Waals surface area contributed by atoms with Crippen molar-refractivity contribution in [3.05, 3.63) is 53.1 Å². The van der Waals surface area contributed by atoms with Gasteiger partial charge in [0, 0.05) is 24.9 Å². The largest absolute Gasteiger partial charge is 0.492 e. The summed E-state index contributed by atoms with van der Waals surface area (Å²) in [5.41, 5.74) is 4.07. The fraction of sp³-hybridized carbons (Fsp3) is 0.400. The maximum absolute atomic E-state index is 12.5. The molecule has 0 saturated carbocycles. The molecule has 0 N–H and O–H groups in total. The lowest BCUT2D eigenvalue weighted by Gasteiger charge is -2.18. The Bertz CT molecular complexity index is 951. The van der Waals surface area contributed by atoms with E-state index in [1.807, 2.05) is 45.0 Å². The van der Waals surface area contributed by atoms with Gasteiger partial charge in [-0.05, 0) is 50.5 Å². The van der Waals surface area contributed by atoms with E-state index in [0.29, 0.717) is 31.8 Å². The summed E-state index contributed by atoms with van der Waals surface area (Å²) in [5, 5.41) is 4.19. The Hall–Kier alpha value is -2.96. The van der Waals surface area contributed by atoms with Crippen molar-refractivity contribution in [3.8, 4) is 5.75 Å². The van der Waals surface area contributed by atoms with Gasteiger partial charge < -0.3 is 9.64 Å². The Kier molecular flexibility index (Phi) is 5.69. The van der Waals surface area contributed by atoms with Gasteiger partial charge in [-0.1, -0.05) is 12.1 Å². The zero-order valence-electron chi connectivity index (χ0n) is 16.3. The van der Waals surface area contributed by atoms with Crippen molar-refractivity contribution in [2.45, 2.75) is 33.6 Å². The Balaban J connectivity index is 1.53. The molecule has 7 nitrogen and oxygen atoms in total. The number of carbonyl (C=O) groups is 1. The summed E-state index contributed by atoms with van der Waals surface area (Å²) in [6, 6.07) is 7.90. The summed E-state index contributed by atoms with van der Waals surface area (Å²) in [6.45, 7) is 6.97. The van der Waals surface area contributed by atoms with Crippen LogP contribution in [0.25, 0.3) is 5.78 Å². The van der Waals surface area contributed by atoms with Gasteiger partial charge in [-0.15, -0.1) is 0 Å². The molecule has 2 heterocycles. The average Bonchev–Trinajstić information content (AvgIpc) is 3.09. The van der Waals surface area contributed by atoms with Crippen molar-refractivity contribution >= 4 is 11.7 Å². The van der Waals surface area contributed by atoms with Crippen LogP contribution in [0.1, 0.15) is 28.9 Å². The van der Waals surface area contributed by atoms with Crippen molar-refractivity contribution in [1.82, 2.24) is 24.5 Å². The first kappa shape index (κ1) is 18.8. The van der Waals surface area contributed by atoms with Crippen molar-refractivity contribution in [1.29, 1.82) is 0 Å². The lowest BCUT2D eigenvalue weighted by Crippen LogP contribution is -2.31. The smallest absolute Gasteiger partial charge is 0.252 e. The maximum Gasteiger partial charge on any atom is 0.252 e. The highest BCUT2D eigenvalue weighted by atomic mass is 16.5. The number of ether oxygens (including phenoxy) is 1. The number of fused-ring (bicyclic) bond motifs is 1. The number of amides is 1. The molecule has 3 aromatic rings. The summed E-state index contributed by atoms with van der Waals surface area (Å²) in [5.74, 6) is 1.50. The number of benzene rings is 1. The van der Waals surface area contributed by atoms with Gasteiger partial charge in [0.15, 0.2) is 0 Å². The highest BCUT2D eigenvalue weighted by Gasteiger charge is 2.14. The third kappa shape index (κ3) is 4.42. The minimum absolute atomic E-state index is 0.0836. The number of hydrogen-bond acceptors (Lipinski definition) is 5. The second kappa shape index (κ2) is 8.16. The third-order valence-electron chi connectivity index (χ3n) is 4.69. The van der Waals surface area contributed by atoms with Crippen LogP contribution in [0.15, 0.2) is 30.6 Å². The molecule has 2 aromatic heterocycles. The Morgan fingerprint density at radius 2 is 2.07 bits per heavy atom. The highest BCUT2D eigenvalue weighted by molar-refractivity contribution is 5.76. The summed E-state index contributed by atoms with van der Waals surface area (Å²) >= 11 is 0. The molecule has 0 spiro atoms. The first-order valence-corrected chi connectivity index (χ1v) is 9.05. The van der Waals surface area contributed by atoms with Gasteiger partial charge in [-0.3, -0.25) is 4.79 Å². The summed E-state index contributed by atoms with van der Waals surface area (Å²) < 4.78 is 7.44. The van der Waals surface area contributed by atoms with Gasteiger partial charge in [-0.2, -0.15) is 10.1 Å². The van der Waals surface area contributed by atoms with Crippen molar-refractivity contribution in [2.75, 3.05) is 20.2 Å². The zero-order chi connectivity index (χ0) is 19.4. The highest BCUT2D eigenvalue weighted by Crippen LogP contribution is 2.15. The second-order valence-corrected chi connectivity index (χ2v) is 6.71. The number of hydrogen-bond donors (Lipinski definition) is 0. The molecule has 0 unspecified atom stereocenters. The Labute approximate surface area is 159 Å². The van der Waals surface area contributed by atoms with Gasteiger partial charge in [0.2, 0.25) is 5.91 Å². The average molecular weight is 367 g/mol. The van der Waals surface area contributed by atoms with E-state index < -0.39 is 0 Å². The Morgan fingerprint density at radius 3 is 2.85 bits per heavy atom. The van der Waals surface area contributed by atoms with Gasteiger partial charge in [-0.25, -0.2) is 9.50 Å². The molecule has 142 valence electrons. The molecule has 0 saturated heterocycles. The van der Waals surface area contributed by atoms with Crippen LogP contribution in [0.4, 0.5) is 0 Å². The van der Waals surface area contributed by atoms with E-state index in [1.54, 1.807) is 16.5 Å². The molecule has 7 heteroatoms. The van der Waals surface area contributed by atoms with E-state index in [2.05, 4.69) is 15.1 Å². The predicted molar refractivity (Wildman–Crippen MR) is 103 cm³/mol. The van der Waals surface area contributed by atoms with E-state index in [-0.39, 0.29) is 5.91 Å². The normalized spacial score (nSPS) is 11.0. The first-order valence-electron chi connectivity index (χ1n) is 9.05. The summed E-state index contributed by atoms with van der Waals surface area (Å²) in [4.78, 5) is 22.7. The molecule has 0 radical (unpaired) electrons. The molecule has 3 rings (SSSR count). The summed E-state index contributed by atoms with van der Waals surface area (Å²) in [6.07, 6.45) is 2.54. The number of nitrogens with zero attached hydrogens (tertiary/aromatic N) is 5. The topological polar surface area (TPSA) is 72.6 Å². The van der Waals surface area contributed by atoms with E-state index in [9.17, 15) is 4.79 Å². The van der Waals surface area contributed by atoms with Crippen molar-refractivity contribution in [2.24, 2.45) is 0 Å². The molecule has 27 heavy (non-hydrogen) atoms. The van der Waals surface area contributed by atoms with Gasteiger partial charge in [0.25, 0.3) is 5.78 Å². The predicted octanol–water partition coefficient (Wildman–Crippen LogP) is 2.52. The number of carbonyl (C=O) groups excluding carboxylic acids is 1. The standard InChI is InChI=1S/C20H25N5O2/c1-14-6-5-7-17(12-14)27-11-10-24(4)19(26)9-8-18-15(2)23-20-21-13-22-25(20)16(18)3/h5-7,12-13H,8-11H2,1-4H3. The van der Waals surface area contributed by atoms with Crippen LogP contribution in [0.3, 0.4) is 0 Å². The van der Waals surface area contributed by atoms with Crippen molar-refractivity contribution in [3.63, 3.8) is 0 Å². The third-order valence-corrected chi connectivity index (χ3v) is 4.69. The SMILES string of the molecule is Cc1cccc(OCCN(C)C(=O)CCc2c(C)nc3ncnn3c2C)c1. The lowest BCUT2D eigenvalue weighted by atomic mass is 10.1. The Morgan fingerprint density at radius 1 is 1.26 bits per heavy atom. The van der Waals surface area contributed by atoms with E-state index in [0.717, 1.165) is 28.3 Å². The van der Waals surface area contributed by atoms with E-state index in [4.69, 9.17) is 4.74 Å². The minimum atomic E-state index is 0.0836. The van der Waals surface area contributed by atoms with Crippen LogP contribution >= 0.6 is 0 Å². The maximum atomic E-state index is 12.5. The van der Waals surface area contributed by atoms with E-state index in [1.165, 1.54) is 6.33 Å². The number of aromatic nitrogens is 4. The van der Waals surface area contributed by atoms with Crippen LogP contribution in [0.2, 0.25) is 0 Å². The van der Waals surface area contributed by atoms with Crippen LogP contribution in [-0.4, -0.2) is 50.6 Å². The molecule has 0 atom stereocenters. The lowest BCUT2D eigenvalue weighted by molar-refractivity contribution is -0.130. The van der Waals surface area contributed by atoms with Gasteiger partial charge in [0.1, 0.15) is 18.7 Å². The molecule has 0 aliphatic carbocycles. The molecule has 0 aliphatic rings. The fourth-order valence-corrected chi connectivity index (χ4v) is 3.07. The molecule has 0 fully saturated rings. The summed E-state index contributed by atoms with van der Waals surface area (Å²) in [7, 11) is 1.81. The van der Waals surface area contributed by atoms with Crippen LogP contribution in [0.5, 0.6) is 5.75 Å². The molecule has 0 bridgehead atoms. The van der Waals surface area contributed by atoms with Crippen LogP contribution in [-0.2, 0) is 11.2 Å². The number of aryl methyl sites for hydroxylation is 3. The van der Waals surface area contributed by atoms with Gasteiger partial charge in [0.05, 0.1) is 6.54 Å². The first-order chi connectivity index (χ1) is 13.0. The van der Waals surface area contributed by atoms with Crippen LogP contribution in [0, 0.1) is 20.8 Å². The molecule has 1 aromatic carbocycles. The number of rotatable bonds is 7. The van der Waals surface area contributed by atoms with E-state index >= 15 is 0 Å². The van der Waals surface area contributed by atoms with Gasteiger partial charge >= 0.3 is 0 Å². The van der Waals surface area contributed by atoms with Crippen molar-refractivity contribution < 1.29 is 9.53 Å². The number of likely N-dealkylation sites (N-methyl/N-ethyl adjacent to an activating group) is 1. The molecule has 1 amide bonds. The zero-order valence-corrected chi connectivity index (χ0v) is 16.3. The second-order valence-electron chi connectivity index (χ2n) is 6.71. The molecular weight excluding hydrogens is 342 g/mol.